The highest BCUT2D eigenvalue weighted by molar-refractivity contribution is 5.92. The molecule has 0 aromatic heterocycles. The average Bonchev–Trinajstić information content (AvgIpc) is 2.48. The second kappa shape index (κ2) is 6.73. The Morgan fingerprint density at radius 1 is 0.957 bits per heavy atom. The Morgan fingerprint density at radius 2 is 1.52 bits per heavy atom. The summed E-state index contributed by atoms with van der Waals surface area (Å²) in [5.41, 5.74) is 0.360. The highest BCUT2D eigenvalue weighted by Crippen LogP contribution is 2.35. The lowest BCUT2D eigenvalue weighted by molar-refractivity contribution is -0.136. The molecule has 3 nitrogen and oxygen atoms in total. The van der Waals surface area contributed by atoms with Gasteiger partial charge in [0.1, 0.15) is 0 Å². The number of benzene rings is 2. The number of rotatable bonds is 4. The van der Waals surface area contributed by atoms with Crippen LogP contribution >= 0.6 is 0 Å². The number of para-hydroxylation sites is 1. The molecule has 0 saturated carbocycles. The van der Waals surface area contributed by atoms with Crippen LogP contribution < -0.4 is 10.6 Å². The van der Waals surface area contributed by atoms with E-state index in [9.17, 15) is 18.0 Å². The molecule has 2 aromatic carbocycles. The zero-order chi connectivity index (χ0) is 17.0. The van der Waals surface area contributed by atoms with Crippen molar-refractivity contribution in [3.05, 3.63) is 54.1 Å². The smallest absolute Gasteiger partial charge is 0.355 e. The molecular weight excluding hydrogens is 305 g/mol. The fourth-order valence-corrected chi connectivity index (χ4v) is 1.92. The van der Waals surface area contributed by atoms with E-state index in [-0.39, 0.29) is 17.5 Å². The Kier molecular flexibility index (Phi) is 4.93. The fraction of sp³-hybridized carbons (Fsp3) is 0.235. The average molecular weight is 322 g/mol. The van der Waals surface area contributed by atoms with Crippen LogP contribution in [-0.2, 0) is 11.0 Å². The lowest BCUT2D eigenvalue weighted by atomic mass is 10.1. The number of hydrogen-bond donors (Lipinski definition) is 2. The third-order valence-electron chi connectivity index (χ3n) is 3.19. The lowest BCUT2D eigenvalue weighted by Gasteiger charge is -2.15. The third-order valence-corrected chi connectivity index (χ3v) is 3.19. The number of halogens is 3. The van der Waals surface area contributed by atoms with Crippen molar-refractivity contribution in [2.75, 3.05) is 10.6 Å². The van der Waals surface area contributed by atoms with Gasteiger partial charge in [-0.25, -0.2) is 0 Å². The Morgan fingerprint density at radius 3 is 2.09 bits per heavy atom. The van der Waals surface area contributed by atoms with E-state index in [0.29, 0.717) is 11.4 Å². The van der Waals surface area contributed by atoms with E-state index in [1.807, 2.05) is 0 Å². The predicted octanol–water partition coefficient (Wildman–Crippen LogP) is 5.04. The van der Waals surface area contributed by atoms with E-state index in [0.717, 1.165) is 6.07 Å². The van der Waals surface area contributed by atoms with E-state index in [1.165, 1.54) is 18.2 Å². The quantitative estimate of drug-likeness (QED) is 0.827. The van der Waals surface area contributed by atoms with Crippen LogP contribution in [-0.4, -0.2) is 5.91 Å². The summed E-state index contributed by atoms with van der Waals surface area (Å²) in [6, 6.07) is 11.8. The van der Waals surface area contributed by atoms with Crippen LogP contribution in [0.4, 0.5) is 30.2 Å². The largest absolute Gasteiger partial charge is 0.418 e. The van der Waals surface area contributed by atoms with Crippen molar-refractivity contribution in [1.82, 2.24) is 0 Å². The van der Waals surface area contributed by atoms with E-state index in [2.05, 4.69) is 10.6 Å². The second-order valence-corrected chi connectivity index (χ2v) is 5.39. The lowest BCUT2D eigenvalue weighted by Crippen LogP contribution is -2.17. The molecule has 0 unspecified atom stereocenters. The molecule has 0 aliphatic carbocycles. The standard InChI is InChI=1S/C17H17F3N2O/c1-11(2)16(23)22-13-9-7-12(8-10-13)21-15-6-4-3-5-14(15)17(18,19)20/h3-11,21H,1-2H3,(H,22,23). The molecule has 0 fully saturated rings. The number of carbonyl (C=O) groups is 1. The molecular formula is C17H17F3N2O. The molecule has 2 aromatic rings. The highest BCUT2D eigenvalue weighted by atomic mass is 19.4. The fourth-order valence-electron chi connectivity index (χ4n) is 1.92. The second-order valence-electron chi connectivity index (χ2n) is 5.39. The van der Waals surface area contributed by atoms with Crippen LogP contribution in [0.3, 0.4) is 0 Å². The third kappa shape index (κ3) is 4.48. The van der Waals surface area contributed by atoms with Crippen molar-refractivity contribution in [3.8, 4) is 0 Å². The zero-order valence-electron chi connectivity index (χ0n) is 12.7. The normalized spacial score (nSPS) is 11.4. The minimum Gasteiger partial charge on any atom is -0.355 e. The minimum atomic E-state index is -4.42. The number of amides is 1. The Bertz CT molecular complexity index is 679. The first-order valence-corrected chi connectivity index (χ1v) is 7.11. The van der Waals surface area contributed by atoms with Crippen LogP contribution in [0.25, 0.3) is 0 Å². The first-order valence-electron chi connectivity index (χ1n) is 7.11. The molecule has 0 aliphatic rings. The molecule has 0 aliphatic heterocycles. The summed E-state index contributed by atoms with van der Waals surface area (Å²) >= 11 is 0. The number of nitrogens with one attached hydrogen (secondary N) is 2. The summed E-state index contributed by atoms with van der Waals surface area (Å²) in [7, 11) is 0. The Balaban J connectivity index is 2.15. The molecule has 2 N–H and O–H groups in total. The van der Waals surface area contributed by atoms with Crippen LogP contribution in [0.15, 0.2) is 48.5 Å². The van der Waals surface area contributed by atoms with Crippen LogP contribution in [0, 0.1) is 5.92 Å². The summed E-state index contributed by atoms with van der Waals surface area (Å²) in [6.07, 6.45) is -4.42. The van der Waals surface area contributed by atoms with Crippen molar-refractivity contribution in [2.45, 2.75) is 20.0 Å². The van der Waals surface area contributed by atoms with Crippen molar-refractivity contribution < 1.29 is 18.0 Å². The molecule has 0 heterocycles. The molecule has 6 heteroatoms. The van der Waals surface area contributed by atoms with E-state index >= 15 is 0 Å². The summed E-state index contributed by atoms with van der Waals surface area (Å²) in [5, 5.41) is 5.47. The molecule has 0 saturated heterocycles. The molecule has 0 bridgehead atoms. The number of hydrogen-bond acceptors (Lipinski definition) is 2. The highest BCUT2D eigenvalue weighted by Gasteiger charge is 2.33. The van der Waals surface area contributed by atoms with Crippen LogP contribution in [0.1, 0.15) is 19.4 Å². The summed E-state index contributed by atoms with van der Waals surface area (Å²) < 4.78 is 38.8. The zero-order valence-corrected chi connectivity index (χ0v) is 12.7. The minimum absolute atomic E-state index is 0.0148. The Hall–Kier alpha value is -2.50. The van der Waals surface area contributed by atoms with Gasteiger partial charge >= 0.3 is 6.18 Å². The van der Waals surface area contributed by atoms with Gasteiger partial charge in [0.2, 0.25) is 5.91 Å². The van der Waals surface area contributed by atoms with E-state index < -0.39 is 11.7 Å². The van der Waals surface area contributed by atoms with Gasteiger partial charge < -0.3 is 10.6 Å². The first-order chi connectivity index (χ1) is 10.8. The summed E-state index contributed by atoms with van der Waals surface area (Å²) in [6.45, 7) is 3.55. The predicted molar refractivity (Wildman–Crippen MR) is 84.6 cm³/mol. The van der Waals surface area contributed by atoms with Gasteiger partial charge in [-0.2, -0.15) is 13.2 Å². The van der Waals surface area contributed by atoms with Gasteiger partial charge in [0.05, 0.1) is 11.3 Å². The van der Waals surface area contributed by atoms with Gasteiger partial charge in [0.25, 0.3) is 0 Å². The van der Waals surface area contributed by atoms with Gasteiger partial charge in [-0.05, 0) is 36.4 Å². The van der Waals surface area contributed by atoms with Crippen LogP contribution in [0.2, 0.25) is 0 Å². The summed E-state index contributed by atoms with van der Waals surface area (Å²) in [4.78, 5) is 11.6. The summed E-state index contributed by atoms with van der Waals surface area (Å²) in [5.74, 6) is -0.264. The van der Waals surface area contributed by atoms with Gasteiger partial charge in [-0.3, -0.25) is 4.79 Å². The number of anilines is 3. The van der Waals surface area contributed by atoms with Crippen molar-refractivity contribution in [2.24, 2.45) is 5.92 Å². The Labute approximate surface area is 132 Å². The molecule has 122 valence electrons. The van der Waals surface area contributed by atoms with Gasteiger partial charge in [0, 0.05) is 17.3 Å². The van der Waals surface area contributed by atoms with Gasteiger partial charge in [-0.15, -0.1) is 0 Å². The van der Waals surface area contributed by atoms with Crippen molar-refractivity contribution in [3.63, 3.8) is 0 Å². The first kappa shape index (κ1) is 16.9. The number of alkyl halides is 3. The molecule has 0 atom stereocenters. The monoisotopic (exact) mass is 322 g/mol. The molecule has 0 spiro atoms. The van der Waals surface area contributed by atoms with E-state index in [4.69, 9.17) is 0 Å². The maximum Gasteiger partial charge on any atom is 0.418 e. The van der Waals surface area contributed by atoms with Gasteiger partial charge in [0.15, 0.2) is 0 Å². The van der Waals surface area contributed by atoms with Crippen molar-refractivity contribution in [1.29, 1.82) is 0 Å². The SMILES string of the molecule is CC(C)C(=O)Nc1ccc(Nc2ccccc2C(F)(F)F)cc1. The van der Waals surface area contributed by atoms with Gasteiger partial charge in [-0.1, -0.05) is 26.0 Å². The van der Waals surface area contributed by atoms with Crippen LogP contribution in [0.5, 0.6) is 0 Å². The maximum atomic E-state index is 12.9. The molecule has 23 heavy (non-hydrogen) atoms. The maximum absolute atomic E-state index is 12.9. The van der Waals surface area contributed by atoms with E-state index in [1.54, 1.807) is 38.1 Å². The molecule has 2 rings (SSSR count). The topological polar surface area (TPSA) is 41.1 Å². The molecule has 0 radical (unpaired) electrons. The van der Waals surface area contributed by atoms with Crippen molar-refractivity contribution >= 4 is 23.0 Å². The molecule has 1 amide bonds. The number of carbonyl (C=O) groups excluding carboxylic acids is 1.